The molecule has 22 heavy (non-hydrogen) atoms. The third-order valence-corrected chi connectivity index (χ3v) is 3.59. The Morgan fingerprint density at radius 2 is 2.00 bits per heavy atom. The summed E-state index contributed by atoms with van der Waals surface area (Å²) in [6.07, 6.45) is -0.389. The number of carboxylic acid groups (broad SMARTS) is 1. The van der Waals surface area contributed by atoms with Crippen molar-refractivity contribution in [1.82, 2.24) is 10.2 Å². The molecule has 0 saturated carbocycles. The number of rotatable bonds is 6. The summed E-state index contributed by atoms with van der Waals surface area (Å²) in [4.78, 5) is 24.4. The first-order valence-corrected chi connectivity index (χ1v) is 6.85. The zero-order chi connectivity index (χ0) is 16.3. The van der Waals surface area contributed by atoms with Gasteiger partial charge in [0.15, 0.2) is 0 Å². The Kier molecular flexibility index (Phi) is 4.96. The van der Waals surface area contributed by atoms with Crippen molar-refractivity contribution in [3.05, 3.63) is 29.8 Å². The molecular formula is C14H19N3O5. The minimum absolute atomic E-state index is 0.127. The van der Waals surface area contributed by atoms with Gasteiger partial charge in [-0.25, -0.2) is 0 Å². The number of aromatic hydroxyl groups is 1. The fourth-order valence-electron chi connectivity index (χ4n) is 2.50. The van der Waals surface area contributed by atoms with E-state index in [2.05, 4.69) is 5.32 Å². The Morgan fingerprint density at radius 1 is 1.36 bits per heavy atom. The topological polar surface area (TPSA) is 136 Å². The number of hydrogen-bond donors (Lipinski definition) is 5. The molecule has 1 aliphatic rings. The maximum atomic E-state index is 12.4. The Balaban J connectivity index is 2.14. The summed E-state index contributed by atoms with van der Waals surface area (Å²) >= 11 is 0. The van der Waals surface area contributed by atoms with E-state index in [1.807, 2.05) is 0 Å². The van der Waals surface area contributed by atoms with Crippen LogP contribution in [0.15, 0.2) is 24.3 Å². The van der Waals surface area contributed by atoms with E-state index in [1.54, 1.807) is 12.1 Å². The number of nitrogens with two attached hydrogens (primary N) is 1. The van der Waals surface area contributed by atoms with Crippen molar-refractivity contribution in [1.29, 1.82) is 0 Å². The van der Waals surface area contributed by atoms with E-state index in [0.717, 1.165) is 10.5 Å². The van der Waals surface area contributed by atoms with Gasteiger partial charge in [-0.15, -0.1) is 0 Å². The number of carbonyl (C=O) groups is 2. The number of carboxylic acids is 1. The van der Waals surface area contributed by atoms with Gasteiger partial charge < -0.3 is 26.0 Å². The number of aliphatic hydroxyl groups is 1. The van der Waals surface area contributed by atoms with Crippen molar-refractivity contribution < 1.29 is 24.9 Å². The number of aliphatic hydroxyl groups excluding tert-OH is 1. The molecule has 8 heteroatoms. The zero-order valence-corrected chi connectivity index (χ0v) is 11.8. The van der Waals surface area contributed by atoms with Crippen LogP contribution in [0.25, 0.3) is 0 Å². The average molecular weight is 309 g/mol. The summed E-state index contributed by atoms with van der Waals surface area (Å²) in [6, 6.07) is 5.01. The second-order valence-corrected chi connectivity index (χ2v) is 5.24. The predicted molar refractivity (Wildman–Crippen MR) is 76.9 cm³/mol. The number of nitrogens with one attached hydrogen (secondary N) is 1. The molecule has 1 aromatic carbocycles. The van der Waals surface area contributed by atoms with Gasteiger partial charge in [0.25, 0.3) is 0 Å². The Bertz CT molecular complexity index is 548. The SMILES string of the molecule is NC(CO)C1NC(Cc2ccc(O)cc2)C(=O)N1CC(=O)O. The molecule has 0 aliphatic carbocycles. The molecule has 1 aromatic rings. The van der Waals surface area contributed by atoms with Crippen LogP contribution in [-0.2, 0) is 16.0 Å². The van der Waals surface area contributed by atoms with Gasteiger partial charge in [0, 0.05) is 0 Å². The lowest BCUT2D eigenvalue weighted by molar-refractivity contribution is -0.144. The van der Waals surface area contributed by atoms with Crippen molar-refractivity contribution in [3.8, 4) is 5.75 Å². The molecule has 0 spiro atoms. The molecule has 0 bridgehead atoms. The van der Waals surface area contributed by atoms with Gasteiger partial charge in [-0.05, 0) is 24.1 Å². The van der Waals surface area contributed by atoms with E-state index < -0.39 is 30.8 Å². The third-order valence-electron chi connectivity index (χ3n) is 3.59. The van der Waals surface area contributed by atoms with Gasteiger partial charge in [-0.3, -0.25) is 14.9 Å². The summed E-state index contributed by atoms with van der Waals surface area (Å²) in [6.45, 7) is -0.844. The summed E-state index contributed by atoms with van der Waals surface area (Å²) < 4.78 is 0. The lowest BCUT2D eigenvalue weighted by Crippen LogP contribution is -2.53. The molecule has 3 atom stereocenters. The number of phenols is 1. The van der Waals surface area contributed by atoms with Gasteiger partial charge in [0.05, 0.1) is 18.7 Å². The molecule has 6 N–H and O–H groups in total. The maximum absolute atomic E-state index is 12.4. The molecular weight excluding hydrogens is 290 g/mol. The summed E-state index contributed by atoms with van der Waals surface area (Å²) in [5.74, 6) is -1.39. The fourth-order valence-corrected chi connectivity index (χ4v) is 2.50. The van der Waals surface area contributed by atoms with Gasteiger partial charge in [0.1, 0.15) is 18.5 Å². The molecule has 3 unspecified atom stereocenters. The first-order chi connectivity index (χ1) is 10.4. The van der Waals surface area contributed by atoms with E-state index in [0.29, 0.717) is 6.42 Å². The number of aliphatic carboxylic acids is 1. The molecule has 1 saturated heterocycles. The van der Waals surface area contributed by atoms with E-state index in [-0.39, 0.29) is 18.3 Å². The van der Waals surface area contributed by atoms with Crippen molar-refractivity contribution in [2.45, 2.75) is 24.7 Å². The average Bonchev–Trinajstić information content (AvgIpc) is 2.77. The molecule has 120 valence electrons. The quantitative estimate of drug-likeness (QED) is 0.430. The monoisotopic (exact) mass is 309 g/mol. The summed E-state index contributed by atoms with van der Waals surface area (Å²) in [7, 11) is 0. The number of phenolic OH excluding ortho intramolecular Hbond substituents is 1. The molecule has 0 aromatic heterocycles. The normalized spacial score (nSPS) is 22.8. The standard InChI is InChI=1S/C14H19N3O5/c15-10(7-18)13-16-11(14(22)17(13)6-12(20)21)5-8-1-3-9(19)4-2-8/h1-4,10-11,13,16,18-19H,5-7,15H2,(H,20,21). The van der Waals surface area contributed by atoms with Gasteiger partial charge >= 0.3 is 5.97 Å². The van der Waals surface area contributed by atoms with Crippen LogP contribution in [-0.4, -0.2) is 63.5 Å². The largest absolute Gasteiger partial charge is 0.508 e. The smallest absolute Gasteiger partial charge is 0.323 e. The molecule has 1 heterocycles. The first kappa shape index (κ1) is 16.2. The Morgan fingerprint density at radius 3 is 2.55 bits per heavy atom. The Hall–Kier alpha value is -2.16. The first-order valence-electron chi connectivity index (χ1n) is 6.85. The second kappa shape index (κ2) is 6.73. The van der Waals surface area contributed by atoms with E-state index in [4.69, 9.17) is 15.9 Å². The zero-order valence-electron chi connectivity index (χ0n) is 11.8. The minimum atomic E-state index is -1.14. The molecule has 0 radical (unpaired) electrons. The van der Waals surface area contributed by atoms with Crippen molar-refractivity contribution in [2.75, 3.05) is 13.2 Å². The number of nitrogens with zero attached hydrogens (tertiary/aromatic N) is 1. The van der Waals surface area contributed by atoms with E-state index in [1.165, 1.54) is 12.1 Å². The number of hydrogen-bond acceptors (Lipinski definition) is 6. The summed E-state index contributed by atoms with van der Waals surface area (Å²) in [5.41, 5.74) is 6.57. The van der Waals surface area contributed by atoms with Crippen LogP contribution in [0.2, 0.25) is 0 Å². The minimum Gasteiger partial charge on any atom is -0.508 e. The van der Waals surface area contributed by atoms with Crippen LogP contribution in [0.4, 0.5) is 0 Å². The van der Waals surface area contributed by atoms with E-state index >= 15 is 0 Å². The van der Waals surface area contributed by atoms with Crippen LogP contribution < -0.4 is 11.1 Å². The van der Waals surface area contributed by atoms with E-state index in [9.17, 15) is 14.7 Å². The van der Waals surface area contributed by atoms with Crippen molar-refractivity contribution in [2.24, 2.45) is 5.73 Å². The van der Waals surface area contributed by atoms with Crippen LogP contribution in [0.5, 0.6) is 5.75 Å². The number of carbonyl (C=O) groups excluding carboxylic acids is 1. The van der Waals surface area contributed by atoms with Crippen LogP contribution in [0.3, 0.4) is 0 Å². The highest BCUT2D eigenvalue weighted by molar-refractivity contribution is 5.88. The Labute approximate surface area is 127 Å². The predicted octanol–water partition coefficient (Wildman–Crippen LogP) is -1.53. The highest BCUT2D eigenvalue weighted by Gasteiger charge is 2.42. The highest BCUT2D eigenvalue weighted by Crippen LogP contribution is 2.18. The second-order valence-electron chi connectivity index (χ2n) is 5.24. The third kappa shape index (κ3) is 3.53. The van der Waals surface area contributed by atoms with Crippen LogP contribution in [0.1, 0.15) is 5.56 Å². The summed E-state index contributed by atoms with van der Waals surface area (Å²) in [5, 5.41) is 30.3. The lowest BCUT2D eigenvalue weighted by Gasteiger charge is -2.26. The molecule has 1 amide bonds. The van der Waals surface area contributed by atoms with Crippen LogP contribution >= 0.6 is 0 Å². The number of amides is 1. The molecule has 2 rings (SSSR count). The molecule has 1 aliphatic heterocycles. The fraction of sp³-hybridized carbons (Fsp3) is 0.429. The molecule has 1 fully saturated rings. The molecule has 8 nitrogen and oxygen atoms in total. The number of benzene rings is 1. The van der Waals surface area contributed by atoms with Gasteiger partial charge in [-0.1, -0.05) is 12.1 Å². The highest BCUT2D eigenvalue weighted by atomic mass is 16.4. The van der Waals surface area contributed by atoms with Crippen molar-refractivity contribution >= 4 is 11.9 Å². The maximum Gasteiger partial charge on any atom is 0.323 e. The van der Waals surface area contributed by atoms with Crippen molar-refractivity contribution in [3.63, 3.8) is 0 Å². The van der Waals surface area contributed by atoms with Gasteiger partial charge in [0.2, 0.25) is 5.91 Å². The van der Waals surface area contributed by atoms with Gasteiger partial charge in [-0.2, -0.15) is 0 Å². The van der Waals surface area contributed by atoms with Crippen LogP contribution in [0, 0.1) is 0 Å². The lowest BCUT2D eigenvalue weighted by atomic mass is 10.1.